The maximum absolute atomic E-state index is 12.5. The van der Waals surface area contributed by atoms with Gasteiger partial charge in [-0.2, -0.15) is 5.10 Å². The number of rotatable bonds is 6. The summed E-state index contributed by atoms with van der Waals surface area (Å²) in [5, 5.41) is 6.84. The summed E-state index contributed by atoms with van der Waals surface area (Å²) < 4.78 is 1.68. The minimum Gasteiger partial charge on any atom is -0.342 e. The van der Waals surface area contributed by atoms with E-state index in [2.05, 4.69) is 10.2 Å². The third-order valence-electron chi connectivity index (χ3n) is 6.47. The molecule has 7 nitrogen and oxygen atoms in total. The molecule has 2 aromatic carbocycles. The van der Waals surface area contributed by atoms with Gasteiger partial charge in [0, 0.05) is 36.7 Å². The van der Waals surface area contributed by atoms with Crippen molar-refractivity contribution in [2.75, 3.05) is 13.1 Å². The van der Waals surface area contributed by atoms with Crippen LogP contribution in [0.15, 0.2) is 53.3 Å². The zero-order valence-corrected chi connectivity index (χ0v) is 18.1. The van der Waals surface area contributed by atoms with Gasteiger partial charge in [-0.05, 0) is 49.3 Å². The van der Waals surface area contributed by atoms with Gasteiger partial charge in [-0.25, -0.2) is 9.89 Å². The average Bonchev–Trinajstić information content (AvgIpc) is 3.46. The molecule has 1 aromatic heterocycles. The fourth-order valence-electron chi connectivity index (χ4n) is 4.47. The van der Waals surface area contributed by atoms with E-state index in [-0.39, 0.29) is 29.2 Å². The highest BCUT2D eigenvalue weighted by molar-refractivity contribution is 5.95. The second-order valence-corrected chi connectivity index (χ2v) is 8.89. The first-order chi connectivity index (χ1) is 15.5. The minimum atomic E-state index is -0.231. The molecule has 3 aromatic rings. The predicted molar refractivity (Wildman–Crippen MR) is 121 cm³/mol. The van der Waals surface area contributed by atoms with Crippen molar-refractivity contribution in [1.82, 2.24) is 19.7 Å². The fourth-order valence-corrected chi connectivity index (χ4v) is 4.47. The van der Waals surface area contributed by atoms with Crippen LogP contribution < -0.4 is 5.69 Å². The Kier molecular flexibility index (Phi) is 5.25. The molecule has 2 aliphatic rings. The summed E-state index contributed by atoms with van der Waals surface area (Å²) in [6.07, 6.45) is 2.93. The quantitative estimate of drug-likeness (QED) is 0.608. The van der Waals surface area contributed by atoms with Crippen LogP contribution in [0.25, 0.3) is 22.5 Å². The largest absolute Gasteiger partial charge is 0.343 e. The van der Waals surface area contributed by atoms with E-state index in [1.54, 1.807) is 11.5 Å². The van der Waals surface area contributed by atoms with Crippen LogP contribution in [0, 0.1) is 11.8 Å². The number of benzene rings is 2. The zero-order chi connectivity index (χ0) is 22.2. The number of hydrogen-bond acceptors (Lipinski definition) is 4. The van der Waals surface area contributed by atoms with Gasteiger partial charge in [0.1, 0.15) is 0 Å². The third-order valence-corrected chi connectivity index (χ3v) is 6.47. The maximum atomic E-state index is 12.5. The number of aromatic nitrogens is 3. The molecular formula is C25H26N4O3. The number of hydrogen-bond donors (Lipinski definition) is 1. The molecule has 164 valence electrons. The molecule has 1 aliphatic heterocycles. The van der Waals surface area contributed by atoms with Crippen LogP contribution in [0.2, 0.25) is 0 Å². The fraction of sp³-hybridized carbons (Fsp3) is 0.360. The number of Topliss-reactive ketones (excluding diaryl/α,β-unsaturated/α-hetero) is 1. The molecule has 2 fully saturated rings. The standard InChI is InChI=1S/C25H26N4O3/c1-16(30)21-3-2-4-22(13-21)18-5-7-19(8-6-18)23-26-27-25(32)29(23)15-17-11-12-28(14-17)24(31)20-9-10-20/h2-8,13,17,20H,9-12,14-15H2,1H3,(H,27,32)/t17-/m1/s1. The van der Waals surface area contributed by atoms with E-state index in [4.69, 9.17) is 0 Å². The van der Waals surface area contributed by atoms with Crippen molar-refractivity contribution in [3.05, 3.63) is 64.6 Å². The second kappa shape index (κ2) is 8.22. The molecule has 0 unspecified atom stereocenters. The van der Waals surface area contributed by atoms with E-state index in [9.17, 15) is 14.4 Å². The van der Waals surface area contributed by atoms with Crippen LogP contribution in [0.1, 0.15) is 36.5 Å². The Morgan fingerprint density at radius 3 is 2.50 bits per heavy atom. The molecule has 1 aliphatic carbocycles. The van der Waals surface area contributed by atoms with Gasteiger partial charge in [0.25, 0.3) is 0 Å². The van der Waals surface area contributed by atoms with Crippen LogP contribution in [0.3, 0.4) is 0 Å². The first kappa shape index (κ1) is 20.4. The first-order valence-electron chi connectivity index (χ1n) is 11.2. The van der Waals surface area contributed by atoms with Gasteiger partial charge in [-0.3, -0.25) is 14.2 Å². The van der Waals surface area contributed by atoms with Crippen molar-refractivity contribution >= 4 is 11.7 Å². The van der Waals surface area contributed by atoms with Gasteiger partial charge in [0.2, 0.25) is 5.91 Å². The van der Waals surface area contributed by atoms with Crippen LogP contribution in [-0.2, 0) is 11.3 Å². The lowest BCUT2D eigenvalue weighted by atomic mass is 10.0. The molecule has 5 rings (SSSR count). The Bertz CT molecular complexity index is 1220. The van der Waals surface area contributed by atoms with Crippen molar-refractivity contribution in [1.29, 1.82) is 0 Å². The predicted octanol–water partition coefficient (Wildman–Crippen LogP) is 3.37. The number of likely N-dealkylation sites (tertiary alicyclic amines) is 1. The lowest BCUT2D eigenvalue weighted by Crippen LogP contribution is -2.31. The monoisotopic (exact) mass is 430 g/mol. The van der Waals surface area contributed by atoms with Crippen molar-refractivity contribution in [2.24, 2.45) is 11.8 Å². The smallest absolute Gasteiger partial charge is 0.342 e. The Labute approximate surface area is 186 Å². The molecule has 0 bridgehead atoms. The SMILES string of the molecule is CC(=O)c1cccc(-c2ccc(-c3n[nH]c(=O)n3C[C@@H]3CCN(C(=O)C4CC4)C3)cc2)c1. The number of nitrogens with zero attached hydrogens (tertiary/aromatic N) is 3. The summed E-state index contributed by atoms with van der Waals surface area (Å²) in [5.41, 5.74) is 3.25. The van der Waals surface area contributed by atoms with Gasteiger partial charge in [0.05, 0.1) is 0 Å². The lowest BCUT2D eigenvalue weighted by Gasteiger charge is -2.16. The molecule has 0 spiro atoms. The van der Waals surface area contributed by atoms with Crippen LogP contribution in [0.4, 0.5) is 0 Å². The molecule has 7 heteroatoms. The van der Waals surface area contributed by atoms with Gasteiger partial charge in [0.15, 0.2) is 11.6 Å². The average molecular weight is 431 g/mol. The zero-order valence-electron chi connectivity index (χ0n) is 18.1. The Morgan fingerprint density at radius 2 is 1.78 bits per heavy atom. The number of nitrogens with one attached hydrogen (secondary N) is 1. The number of carbonyl (C=O) groups is 2. The molecule has 1 N–H and O–H groups in total. The van der Waals surface area contributed by atoms with Crippen molar-refractivity contribution in [2.45, 2.75) is 32.7 Å². The van der Waals surface area contributed by atoms with Gasteiger partial charge in [-0.1, -0.05) is 42.5 Å². The highest BCUT2D eigenvalue weighted by Gasteiger charge is 2.36. The van der Waals surface area contributed by atoms with E-state index >= 15 is 0 Å². The van der Waals surface area contributed by atoms with Gasteiger partial charge in [-0.15, -0.1) is 0 Å². The van der Waals surface area contributed by atoms with Crippen molar-refractivity contribution < 1.29 is 9.59 Å². The van der Waals surface area contributed by atoms with Crippen molar-refractivity contribution in [3.63, 3.8) is 0 Å². The normalized spacial score (nSPS) is 18.2. The topological polar surface area (TPSA) is 88.1 Å². The highest BCUT2D eigenvalue weighted by atomic mass is 16.2. The second-order valence-electron chi connectivity index (χ2n) is 8.89. The maximum Gasteiger partial charge on any atom is 0.343 e. The molecule has 2 heterocycles. The molecule has 1 atom stereocenters. The molecule has 1 amide bonds. The summed E-state index contributed by atoms with van der Waals surface area (Å²) in [5.74, 6) is 1.40. The summed E-state index contributed by atoms with van der Waals surface area (Å²) in [7, 11) is 0. The summed E-state index contributed by atoms with van der Waals surface area (Å²) in [6, 6.07) is 15.4. The number of carbonyl (C=O) groups excluding carboxylic acids is 2. The summed E-state index contributed by atoms with van der Waals surface area (Å²) >= 11 is 0. The minimum absolute atomic E-state index is 0.0355. The third kappa shape index (κ3) is 4.02. The summed E-state index contributed by atoms with van der Waals surface area (Å²) in [6.45, 7) is 3.58. The number of amides is 1. The number of H-pyrrole nitrogens is 1. The van der Waals surface area contributed by atoms with E-state index in [1.807, 2.05) is 53.4 Å². The first-order valence-corrected chi connectivity index (χ1v) is 11.2. The van der Waals surface area contributed by atoms with Crippen LogP contribution >= 0.6 is 0 Å². The van der Waals surface area contributed by atoms with Gasteiger partial charge < -0.3 is 4.90 Å². The molecule has 32 heavy (non-hydrogen) atoms. The lowest BCUT2D eigenvalue weighted by molar-refractivity contribution is -0.131. The Hall–Kier alpha value is -3.48. The highest BCUT2D eigenvalue weighted by Crippen LogP contribution is 2.33. The molecular weight excluding hydrogens is 404 g/mol. The van der Waals surface area contributed by atoms with Crippen LogP contribution in [0.5, 0.6) is 0 Å². The summed E-state index contributed by atoms with van der Waals surface area (Å²) in [4.78, 5) is 38.4. The van der Waals surface area contributed by atoms with E-state index in [0.29, 0.717) is 24.5 Å². The van der Waals surface area contributed by atoms with E-state index in [0.717, 1.165) is 42.5 Å². The van der Waals surface area contributed by atoms with Crippen molar-refractivity contribution in [3.8, 4) is 22.5 Å². The Balaban J connectivity index is 1.34. The van der Waals surface area contributed by atoms with Gasteiger partial charge >= 0.3 is 5.69 Å². The van der Waals surface area contributed by atoms with Crippen LogP contribution in [-0.4, -0.2) is 44.4 Å². The molecule has 1 saturated heterocycles. The number of ketones is 1. The molecule has 1 saturated carbocycles. The Morgan fingerprint density at radius 1 is 1.03 bits per heavy atom. The molecule has 0 radical (unpaired) electrons. The van der Waals surface area contributed by atoms with E-state index in [1.165, 1.54) is 0 Å². The van der Waals surface area contributed by atoms with E-state index < -0.39 is 0 Å². The number of aromatic amines is 1.